The molecular formula is C23H21FN4O. The van der Waals surface area contributed by atoms with E-state index in [0.29, 0.717) is 18.9 Å². The second-order valence-electron chi connectivity index (χ2n) is 7.88. The minimum absolute atomic E-state index is 0.101. The zero-order chi connectivity index (χ0) is 19.8. The molecule has 5 rings (SSSR count). The first-order valence-corrected chi connectivity index (χ1v) is 9.98. The number of likely N-dealkylation sites (tertiary alicyclic amines) is 1. The Morgan fingerprint density at radius 1 is 1.07 bits per heavy atom. The summed E-state index contributed by atoms with van der Waals surface area (Å²) in [6.07, 6.45) is 7.07. The molecule has 3 aromatic rings. The number of hydrogen-bond acceptors (Lipinski definition) is 4. The van der Waals surface area contributed by atoms with Crippen molar-refractivity contribution in [3.05, 3.63) is 77.6 Å². The van der Waals surface area contributed by atoms with Crippen molar-refractivity contribution in [3.63, 3.8) is 0 Å². The molecule has 1 unspecified atom stereocenters. The van der Waals surface area contributed by atoms with Gasteiger partial charge in [0, 0.05) is 36.5 Å². The molecule has 6 heteroatoms. The van der Waals surface area contributed by atoms with Crippen LogP contribution in [0.2, 0.25) is 0 Å². The van der Waals surface area contributed by atoms with Crippen molar-refractivity contribution in [2.45, 2.75) is 31.1 Å². The fourth-order valence-corrected chi connectivity index (χ4v) is 4.66. The number of rotatable bonds is 2. The monoisotopic (exact) mass is 388 g/mol. The van der Waals surface area contributed by atoms with Crippen LogP contribution < -0.4 is 0 Å². The first kappa shape index (κ1) is 17.9. The average molecular weight is 388 g/mol. The normalized spacial score (nSPS) is 20.7. The first-order chi connectivity index (χ1) is 14.2. The van der Waals surface area contributed by atoms with Crippen LogP contribution in [0, 0.1) is 5.82 Å². The molecule has 3 heterocycles. The average Bonchev–Trinajstić information content (AvgIpc) is 3.11. The number of carbonyl (C=O) groups excluding carboxylic acids is 1. The Bertz CT molecular complexity index is 1070. The van der Waals surface area contributed by atoms with E-state index in [9.17, 15) is 9.18 Å². The third-order valence-corrected chi connectivity index (χ3v) is 6.10. The summed E-state index contributed by atoms with van der Waals surface area (Å²) >= 11 is 0. The van der Waals surface area contributed by atoms with Crippen LogP contribution in [-0.4, -0.2) is 38.8 Å². The second-order valence-corrected chi connectivity index (χ2v) is 7.88. The molecule has 1 atom stereocenters. The van der Waals surface area contributed by atoms with Crippen molar-refractivity contribution < 1.29 is 9.18 Å². The number of nitrogens with zero attached hydrogens (tertiary/aromatic N) is 4. The Kier molecular flexibility index (Phi) is 4.34. The van der Waals surface area contributed by atoms with E-state index in [1.54, 1.807) is 4.90 Å². The van der Waals surface area contributed by atoms with Crippen LogP contribution in [0.25, 0.3) is 11.4 Å². The van der Waals surface area contributed by atoms with Crippen LogP contribution >= 0.6 is 0 Å². The predicted octanol–water partition coefficient (Wildman–Crippen LogP) is 3.80. The molecule has 0 bridgehead atoms. The summed E-state index contributed by atoms with van der Waals surface area (Å²) in [5.74, 6) is -0.199. The number of fused-ring (bicyclic) bond motifs is 2. The Hall–Kier alpha value is -3.15. The van der Waals surface area contributed by atoms with Gasteiger partial charge < -0.3 is 4.90 Å². The van der Waals surface area contributed by atoms with Gasteiger partial charge in [0.25, 0.3) is 5.91 Å². The lowest BCUT2D eigenvalue weighted by atomic mass is 9.77. The maximum Gasteiger partial charge on any atom is 0.275 e. The number of aromatic nitrogens is 3. The van der Waals surface area contributed by atoms with Crippen LogP contribution in [0.3, 0.4) is 0 Å². The number of aryl methyl sites for hydroxylation is 1. The molecular weight excluding hydrogens is 367 g/mol. The van der Waals surface area contributed by atoms with E-state index in [1.807, 2.05) is 36.5 Å². The van der Waals surface area contributed by atoms with Gasteiger partial charge in [-0.15, -0.1) is 0 Å². The van der Waals surface area contributed by atoms with E-state index in [-0.39, 0.29) is 17.0 Å². The van der Waals surface area contributed by atoms with Gasteiger partial charge in [0.1, 0.15) is 0 Å². The lowest BCUT2D eigenvalue weighted by Crippen LogP contribution is -2.48. The molecule has 29 heavy (non-hydrogen) atoms. The van der Waals surface area contributed by atoms with Gasteiger partial charge in [0.2, 0.25) is 0 Å². The molecule has 1 fully saturated rings. The van der Waals surface area contributed by atoms with Crippen molar-refractivity contribution >= 4 is 5.91 Å². The highest BCUT2D eigenvalue weighted by molar-refractivity contribution is 5.92. The van der Waals surface area contributed by atoms with Gasteiger partial charge in [-0.3, -0.25) is 4.79 Å². The third-order valence-electron chi connectivity index (χ3n) is 6.10. The van der Waals surface area contributed by atoms with Gasteiger partial charge in [-0.2, -0.15) is 0 Å². The second kappa shape index (κ2) is 7.03. The highest BCUT2D eigenvalue weighted by atomic mass is 19.1. The molecule has 1 aliphatic carbocycles. The minimum Gasteiger partial charge on any atom is -0.336 e. The quantitative estimate of drug-likeness (QED) is 0.670. The molecule has 2 aliphatic rings. The van der Waals surface area contributed by atoms with Crippen molar-refractivity contribution in [2.24, 2.45) is 0 Å². The van der Waals surface area contributed by atoms with Crippen LogP contribution in [-0.2, 0) is 11.8 Å². The van der Waals surface area contributed by atoms with E-state index in [0.717, 1.165) is 42.5 Å². The summed E-state index contributed by atoms with van der Waals surface area (Å²) in [6, 6.07) is 12.7. The Morgan fingerprint density at radius 3 is 2.76 bits per heavy atom. The Balaban J connectivity index is 1.48. The van der Waals surface area contributed by atoms with Gasteiger partial charge in [0.05, 0.1) is 5.69 Å². The molecule has 1 aromatic carbocycles. The Labute approximate surface area is 168 Å². The van der Waals surface area contributed by atoms with E-state index >= 15 is 0 Å². The van der Waals surface area contributed by atoms with Crippen molar-refractivity contribution in [1.29, 1.82) is 0 Å². The fraction of sp³-hybridized carbons (Fsp3) is 0.304. The molecule has 1 amide bonds. The maximum absolute atomic E-state index is 14.1. The van der Waals surface area contributed by atoms with Crippen LogP contribution in [0.1, 0.15) is 41.0 Å². The lowest BCUT2D eigenvalue weighted by Gasteiger charge is -2.40. The number of carbonyl (C=O) groups is 1. The number of benzene rings is 1. The zero-order valence-electron chi connectivity index (χ0n) is 16.0. The first-order valence-electron chi connectivity index (χ1n) is 9.98. The number of hydrogen-bond donors (Lipinski definition) is 0. The molecule has 146 valence electrons. The molecule has 0 radical (unpaired) electrons. The van der Waals surface area contributed by atoms with Crippen molar-refractivity contribution in [3.8, 4) is 11.4 Å². The number of piperidine rings is 1. The number of halogens is 1. The number of pyridine rings is 1. The third kappa shape index (κ3) is 3.09. The SMILES string of the molecule is O=C(c1ncccc1F)N1CCCC2(CCc3cnc(-c4ccccc4)nc32)C1. The molecule has 1 aliphatic heterocycles. The topological polar surface area (TPSA) is 59.0 Å². The Morgan fingerprint density at radius 2 is 1.93 bits per heavy atom. The van der Waals surface area contributed by atoms with Crippen LogP contribution in [0.5, 0.6) is 0 Å². The smallest absolute Gasteiger partial charge is 0.275 e. The summed E-state index contributed by atoms with van der Waals surface area (Å²) in [6.45, 7) is 1.16. The largest absolute Gasteiger partial charge is 0.336 e. The highest BCUT2D eigenvalue weighted by Gasteiger charge is 2.45. The van der Waals surface area contributed by atoms with Crippen LogP contribution in [0.15, 0.2) is 54.9 Å². The number of amides is 1. The maximum atomic E-state index is 14.1. The van der Waals surface area contributed by atoms with Gasteiger partial charge >= 0.3 is 0 Å². The minimum atomic E-state index is -0.572. The van der Waals surface area contributed by atoms with Crippen molar-refractivity contribution in [2.75, 3.05) is 13.1 Å². The molecule has 2 aromatic heterocycles. The summed E-state index contributed by atoms with van der Waals surface area (Å²) in [4.78, 5) is 28.2. The fourth-order valence-electron chi connectivity index (χ4n) is 4.66. The van der Waals surface area contributed by atoms with E-state index < -0.39 is 5.82 Å². The molecule has 0 N–H and O–H groups in total. The molecule has 1 saturated heterocycles. The van der Waals surface area contributed by atoms with E-state index in [1.165, 1.54) is 18.3 Å². The van der Waals surface area contributed by atoms with Crippen molar-refractivity contribution in [1.82, 2.24) is 19.9 Å². The summed E-state index contributed by atoms with van der Waals surface area (Å²) in [5, 5.41) is 0. The predicted molar refractivity (Wildman–Crippen MR) is 107 cm³/mol. The molecule has 0 saturated carbocycles. The summed E-state index contributed by atoms with van der Waals surface area (Å²) in [7, 11) is 0. The van der Waals surface area contributed by atoms with Gasteiger partial charge in [-0.25, -0.2) is 19.3 Å². The summed E-state index contributed by atoms with van der Waals surface area (Å²) in [5.41, 5.74) is 2.89. The van der Waals surface area contributed by atoms with Gasteiger partial charge in [-0.05, 0) is 43.4 Å². The van der Waals surface area contributed by atoms with Gasteiger partial charge in [-0.1, -0.05) is 30.3 Å². The lowest BCUT2D eigenvalue weighted by molar-refractivity contribution is 0.0622. The standard InChI is InChI=1S/C23H21FN4O/c24-18-8-4-12-25-19(18)22(29)28-13-5-10-23(15-28)11-9-17-14-26-21(27-20(17)23)16-6-2-1-3-7-16/h1-4,6-8,12,14H,5,9-11,13,15H2. The zero-order valence-corrected chi connectivity index (χ0v) is 16.0. The summed E-state index contributed by atoms with van der Waals surface area (Å²) < 4.78 is 14.1. The molecule has 5 nitrogen and oxygen atoms in total. The van der Waals surface area contributed by atoms with E-state index in [4.69, 9.17) is 4.98 Å². The molecule has 1 spiro atoms. The highest BCUT2D eigenvalue weighted by Crippen LogP contribution is 2.44. The van der Waals surface area contributed by atoms with Gasteiger partial charge in [0.15, 0.2) is 17.3 Å². The van der Waals surface area contributed by atoms with E-state index in [2.05, 4.69) is 9.97 Å². The van der Waals surface area contributed by atoms with Crippen LogP contribution in [0.4, 0.5) is 4.39 Å².